The van der Waals surface area contributed by atoms with E-state index in [1.807, 2.05) is 0 Å². The fourth-order valence-corrected chi connectivity index (χ4v) is 8.25. The van der Waals surface area contributed by atoms with Crippen LogP contribution < -0.4 is 19.5 Å². The van der Waals surface area contributed by atoms with Crippen molar-refractivity contribution in [3.8, 4) is 22.6 Å². The summed E-state index contributed by atoms with van der Waals surface area (Å²) in [7, 11) is -3.19. The predicted octanol–water partition coefficient (Wildman–Crippen LogP) is 6.09. The Labute approximate surface area is 279 Å². The summed E-state index contributed by atoms with van der Waals surface area (Å²) < 4.78 is 74.0. The number of rotatable bonds is 11. The summed E-state index contributed by atoms with van der Waals surface area (Å²) in [5.74, 6) is -3.55. The van der Waals surface area contributed by atoms with Crippen LogP contribution in [-0.2, 0) is 20.7 Å². The second kappa shape index (κ2) is 14.1. The van der Waals surface area contributed by atoms with Gasteiger partial charge in [-0.25, -0.2) is 8.42 Å². The molecule has 6 rings (SSSR count). The normalized spacial score (nSPS) is 21.0. The lowest BCUT2D eigenvalue weighted by molar-refractivity contribution is -0.143. The number of halogens is 3. The number of amides is 1. The van der Waals surface area contributed by atoms with E-state index in [2.05, 4.69) is 10.0 Å². The van der Waals surface area contributed by atoms with Gasteiger partial charge in [0.2, 0.25) is 15.9 Å². The topological polar surface area (TPSA) is 97.0 Å². The minimum atomic E-state index is -4.56. The summed E-state index contributed by atoms with van der Waals surface area (Å²) in [6, 6.07) is 13.9. The van der Waals surface area contributed by atoms with Gasteiger partial charge in [-0.1, -0.05) is 55.1 Å². The van der Waals surface area contributed by atoms with Gasteiger partial charge in [-0.3, -0.25) is 4.79 Å². The van der Waals surface area contributed by atoms with Gasteiger partial charge < -0.3 is 19.7 Å². The van der Waals surface area contributed by atoms with Crippen molar-refractivity contribution < 1.29 is 31.5 Å². The second-order valence-corrected chi connectivity index (χ2v) is 15.0. The maximum Gasteiger partial charge on any atom is 0.298 e. The van der Waals surface area contributed by atoms with Crippen LogP contribution in [0.5, 0.6) is 11.5 Å². The Balaban J connectivity index is 1.27. The minimum absolute atomic E-state index is 0.129. The second-order valence-electron chi connectivity index (χ2n) is 12.8. The van der Waals surface area contributed by atoms with Crippen molar-refractivity contribution in [1.29, 1.82) is 0 Å². The van der Waals surface area contributed by atoms with Gasteiger partial charge in [-0.15, -0.1) is 0 Å². The Morgan fingerprint density at radius 3 is 2.30 bits per heavy atom. The van der Waals surface area contributed by atoms with E-state index in [1.165, 1.54) is 67.7 Å². The van der Waals surface area contributed by atoms with Crippen LogP contribution in [0.2, 0.25) is 5.02 Å². The number of carbonyl (C=O) groups excluding carboxylic acids is 1. The van der Waals surface area contributed by atoms with Crippen molar-refractivity contribution in [3.05, 3.63) is 77.3 Å². The number of ether oxygens (including phenoxy) is 2. The quantitative estimate of drug-likeness (QED) is 0.253. The molecule has 3 aromatic rings. The molecule has 0 bridgehead atoms. The van der Waals surface area contributed by atoms with E-state index < -0.39 is 33.5 Å². The van der Waals surface area contributed by atoms with Crippen LogP contribution in [0.3, 0.4) is 0 Å². The molecule has 3 fully saturated rings. The van der Waals surface area contributed by atoms with Crippen LogP contribution >= 0.6 is 11.6 Å². The summed E-state index contributed by atoms with van der Waals surface area (Å²) in [6.45, 7) is 2.45. The lowest BCUT2D eigenvalue weighted by Gasteiger charge is -2.31. The number of nitrogens with one attached hydrogen (secondary N) is 2. The van der Waals surface area contributed by atoms with Gasteiger partial charge in [-0.2, -0.15) is 13.5 Å². The molecule has 3 atom stereocenters. The number of alkyl halides is 2. The first-order valence-electron chi connectivity index (χ1n) is 16.1. The first-order chi connectivity index (χ1) is 22.5. The Bertz CT molecular complexity index is 1660. The third-order valence-electron chi connectivity index (χ3n) is 9.67. The van der Waals surface area contributed by atoms with E-state index in [9.17, 15) is 13.2 Å². The zero-order chi connectivity index (χ0) is 33.2. The van der Waals surface area contributed by atoms with Crippen LogP contribution in [-0.4, -0.2) is 65.2 Å². The monoisotopic (exact) mass is 687 g/mol. The number of hydrogen-bond acceptors (Lipinski definition) is 6. The highest BCUT2D eigenvalue weighted by molar-refractivity contribution is 7.89. The zero-order valence-corrected chi connectivity index (χ0v) is 27.8. The number of benzene rings is 3. The van der Waals surface area contributed by atoms with E-state index in [0.717, 1.165) is 18.9 Å². The van der Waals surface area contributed by atoms with Crippen LogP contribution in [0.1, 0.15) is 37.7 Å². The molecule has 12 heteroatoms. The van der Waals surface area contributed by atoms with Gasteiger partial charge in [0.1, 0.15) is 11.5 Å². The van der Waals surface area contributed by atoms with E-state index >= 15 is 8.78 Å². The van der Waals surface area contributed by atoms with E-state index in [4.69, 9.17) is 21.1 Å². The fourth-order valence-electron chi connectivity index (χ4n) is 6.94. The van der Waals surface area contributed by atoms with Gasteiger partial charge >= 0.3 is 0 Å². The number of likely N-dealkylation sites (tertiary alicyclic amines) is 1. The molecule has 8 nitrogen and oxygen atoms in total. The maximum atomic E-state index is 16.6. The summed E-state index contributed by atoms with van der Waals surface area (Å²) in [5.41, 5.74) is 0.677. The van der Waals surface area contributed by atoms with Crippen molar-refractivity contribution >= 4 is 27.5 Å². The molecule has 2 N–H and O–H groups in total. The molecular weight excluding hydrogens is 648 g/mol. The smallest absolute Gasteiger partial charge is 0.298 e. The Morgan fingerprint density at radius 1 is 1.00 bits per heavy atom. The van der Waals surface area contributed by atoms with Crippen molar-refractivity contribution in [1.82, 2.24) is 14.9 Å². The minimum Gasteiger partial charge on any atom is -0.496 e. The zero-order valence-electron chi connectivity index (χ0n) is 26.3. The Morgan fingerprint density at radius 2 is 1.66 bits per heavy atom. The number of nitrogens with zero attached hydrogens (tertiary/aromatic N) is 1. The van der Waals surface area contributed by atoms with Crippen molar-refractivity contribution in [2.45, 2.75) is 49.0 Å². The molecule has 252 valence electrons. The summed E-state index contributed by atoms with van der Waals surface area (Å²) in [5, 5.41) is 3.79. The predicted molar refractivity (Wildman–Crippen MR) is 176 cm³/mol. The van der Waals surface area contributed by atoms with E-state index in [-0.39, 0.29) is 35.6 Å². The molecule has 2 saturated heterocycles. The fraction of sp³-hybridized carbons (Fsp3) is 0.457. The highest BCUT2D eigenvalue weighted by Crippen LogP contribution is 2.40. The summed E-state index contributed by atoms with van der Waals surface area (Å²) in [6.07, 6.45) is 5.79. The van der Waals surface area contributed by atoms with Gasteiger partial charge in [0.25, 0.3) is 5.92 Å². The van der Waals surface area contributed by atoms with E-state index in [0.29, 0.717) is 47.5 Å². The molecule has 47 heavy (non-hydrogen) atoms. The average molecular weight is 688 g/mol. The van der Waals surface area contributed by atoms with Crippen molar-refractivity contribution in [3.63, 3.8) is 0 Å². The molecule has 1 amide bonds. The number of methoxy groups -OCH3 is 1. The average Bonchev–Trinajstić information content (AvgIpc) is 3.70. The molecule has 1 saturated carbocycles. The number of sulfonamides is 1. The maximum absolute atomic E-state index is 16.6. The Hall–Kier alpha value is -3.25. The first kappa shape index (κ1) is 33.6. The molecule has 3 aliphatic rings. The highest BCUT2D eigenvalue weighted by Gasteiger charge is 2.52. The lowest BCUT2D eigenvalue weighted by atomic mass is 9.90. The van der Waals surface area contributed by atoms with Gasteiger partial charge in [0.05, 0.1) is 18.6 Å². The number of fused-ring (bicyclic) bond motifs is 1. The third kappa shape index (κ3) is 7.43. The van der Waals surface area contributed by atoms with Crippen LogP contribution in [0.25, 0.3) is 11.1 Å². The first-order valence-corrected chi connectivity index (χ1v) is 18.0. The van der Waals surface area contributed by atoms with E-state index in [1.54, 1.807) is 24.3 Å². The Kier molecular flexibility index (Phi) is 10.1. The molecule has 2 heterocycles. The molecule has 0 unspecified atom stereocenters. The molecule has 2 aliphatic heterocycles. The van der Waals surface area contributed by atoms with Crippen LogP contribution in [0.15, 0.2) is 71.6 Å². The van der Waals surface area contributed by atoms with Crippen molar-refractivity contribution in [2.24, 2.45) is 17.8 Å². The van der Waals surface area contributed by atoms with Gasteiger partial charge in [0.15, 0.2) is 6.04 Å². The largest absolute Gasteiger partial charge is 0.496 e. The SMILES string of the molecule is COc1cc(C(F)(F)[C@H](NS(=O)(=O)c2ccc(OCC3CCCCC3)cc2)C(=O)N2C[C@H]3CNC[C@H]3C2)ccc1-c1ccc(Cl)cc1. The van der Waals surface area contributed by atoms with Crippen LogP contribution in [0, 0.1) is 17.8 Å². The molecule has 1 aliphatic carbocycles. The standard InChI is InChI=1S/C35H40ClF2N3O5S/c1-45-32-17-27(9-16-31(32)24-7-10-28(36)11-8-24)35(37,38)33(34(42)41-20-25-18-39-19-26(25)21-41)40-47(43,44)30-14-12-29(13-15-30)46-22-23-5-3-2-4-6-23/h7-17,23,25-26,33,39-40H,2-6,18-22H2,1H3/t25-,26+,33-/m1/s1. The lowest BCUT2D eigenvalue weighted by Crippen LogP contribution is -2.56. The van der Waals surface area contributed by atoms with Gasteiger partial charge in [0, 0.05) is 42.3 Å². The van der Waals surface area contributed by atoms with Crippen LogP contribution in [0.4, 0.5) is 8.78 Å². The molecular formula is C35H40ClF2N3O5S. The summed E-state index contributed by atoms with van der Waals surface area (Å²) >= 11 is 6.02. The van der Waals surface area contributed by atoms with Crippen molar-refractivity contribution in [2.75, 3.05) is 39.9 Å². The summed E-state index contributed by atoms with van der Waals surface area (Å²) in [4.78, 5) is 15.0. The highest BCUT2D eigenvalue weighted by atomic mass is 35.5. The number of hydrogen-bond donors (Lipinski definition) is 2. The molecule has 0 spiro atoms. The molecule has 3 aromatic carbocycles. The number of carbonyl (C=O) groups is 1. The van der Waals surface area contributed by atoms with Gasteiger partial charge in [-0.05, 0) is 78.6 Å². The molecule has 0 radical (unpaired) electrons. The molecule has 0 aromatic heterocycles. The third-order valence-corrected chi connectivity index (χ3v) is 11.4.